The highest BCUT2D eigenvalue weighted by Gasteiger charge is 2.54. The zero-order valence-corrected chi connectivity index (χ0v) is 14.6. The van der Waals surface area contributed by atoms with E-state index in [0.29, 0.717) is 11.4 Å². The van der Waals surface area contributed by atoms with Crippen LogP contribution in [0.4, 0.5) is 5.69 Å². The van der Waals surface area contributed by atoms with Crippen molar-refractivity contribution in [3.8, 4) is 5.75 Å². The third-order valence-corrected chi connectivity index (χ3v) is 3.78. The molecule has 2 N–H and O–H groups in total. The number of hydrogen-bond donors (Lipinski definition) is 2. The van der Waals surface area contributed by atoms with Gasteiger partial charge in [-0.3, -0.25) is 9.59 Å². The van der Waals surface area contributed by atoms with Crippen LogP contribution in [0.1, 0.15) is 20.8 Å². The summed E-state index contributed by atoms with van der Waals surface area (Å²) in [4.78, 5) is 25.9. The van der Waals surface area contributed by atoms with Gasteiger partial charge in [0.2, 0.25) is 0 Å². The van der Waals surface area contributed by atoms with Crippen molar-refractivity contribution in [1.29, 1.82) is 0 Å². The lowest BCUT2D eigenvalue weighted by molar-refractivity contribution is -0.149. The molecule has 1 fully saturated rings. The van der Waals surface area contributed by atoms with Gasteiger partial charge in [0.1, 0.15) is 11.8 Å². The molecule has 7 heteroatoms. The van der Waals surface area contributed by atoms with Gasteiger partial charge < -0.3 is 24.8 Å². The van der Waals surface area contributed by atoms with Crippen molar-refractivity contribution >= 4 is 17.5 Å². The predicted molar refractivity (Wildman–Crippen MR) is 89.0 cm³/mol. The molecule has 132 valence electrons. The van der Waals surface area contributed by atoms with Crippen LogP contribution in [0.25, 0.3) is 0 Å². The number of carbonyl (C=O) groups is 2. The molecule has 0 aromatic heterocycles. The van der Waals surface area contributed by atoms with Crippen LogP contribution in [-0.4, -0.2) is 54.9 Å². The van der Waals surface area contributed by atoms with Gasteiger partial charge in [0, 0.05) is 18.3 Å². The molecule has 3 atom stereocenters. The summed E-state index contributed by atoms with van der Waals surface area (Å²) in [5.74, 6) is -0.187. The Morgan fingerprint density at radius 3 is 2.29 bits per heavy atom. The average molecular weight is 336 g/mol. The highest BCUT2D eigenvalue weighted by Crippen LogP contribution is 2.33. The van der Waals surface area contributed by atoms with E-state index >= 15 is 0 Å². The molecular weight excluding hydrogens is 312 g/mol. The van der Waals surface area contributed by atoms with Crippen molar-refractivity contribution in [2.45, 2.75) is 44.6 Å². The first-order valence-corrected chi connectivity index (χ1v) is 7.69. The van der Waals surface area contributed by atoms with Crippen LogP contribution >= 0.6 is 0 Å². The van der Waals surface area contributed by atoms with Crippen LogP contribution in [0, 0.1) is 0 Å². The van der Waals surface area contributed by atoms with E-state index in [1.165, 1.54) is 12.0 Å². The number of ether oxygens (including phenoxy) is 2. The van der Waals surface area contributed by atoms with Crippen molar-refractivity contribution in [2.24, 2.45) is 0 Å². The van der Waals surface area contributed by atoms with Crippen molar-refractivity contribution in [3.05, 3.63) is 24.3 Å². The maximum absolute atomic E-state index is 12.3. The number of amides is 2. The highest BCUT2D eigenvalue weighted by molar-refractivity contribution is 6.06. The number of benzene rings is 1. The van der Waals surface area contributed by atoms with E-state index < -0.39 is 29.7 Å². The Morgan fingerprint density at radius 2 is 1.83 bits per heavy atom. The third-order valence-electron chi connectivity index (χ3n) is 3.78. The second kappa shape index (κ2) is 6.78. The minimum Gasteiger partial charge on any atom is -0.497 e. The molecule has 0 unspecified atom stereocenters. The molecule has 1 aliphatic rings. The first-order chi connectivity index (χ1) is 11.2. The van der Waals surface area contributed by atoms with Crippen molar-refractivity contribution in [3.63, 3.8) is 0 Å². The van der Waals surface area contributed by atoms with Gasteiger partial charge in [0.15, 0.2) is 12.2 Å². The summed E-state index contributed by atoms with van der Waals surface area (Å²) < 4.78 is 10.2. The number of anilines is 1. The Hall–Kier alpha value is -2.12. The van der Waals surface area contributed by atoms with Crippen LogP contribution in [0.2, 0.25) is 0 Å². The normalized spacial score (nSPS) is 21.9. The molecule has 1 aliphatic heterocycles. The Morgan fingerprint density at radius 1 is 1.25 bits per heavy atom. The molecule has 0 radical (unpaired) electrons. The van der Waals surface area contributed by atoms with Gasteiger partial charge in [-0.1, -0.05) is 0 Å². The zero-order valence-electron chi connectivity index (χ0n) is 14.6. The van der Waals surface area contributed by atoms with Gasteiger partial charge in [-0.2, -0.15) is 0 Å². The molecule has 2 amide bonds. The summed E-state index contributed by atoms with van der Waals surface area (Å²) in [7, 11) is 2.93. The topological polar surface area (TPSA) is 88.1 Å². The van der Waals surface area contributed by atoms with Gasteiger partial charge in [-0.05, 0) is 45.0 Å². The first-order valence-electron chi connectivity index (χ1n) is 7.69. The van der Waals surface area contributed by atoms with Gasteiger partial charge in [0.05, 0.1) is 7.11 Å². The highest BCUT2D eigenvalue weighted by atomic mass is 16.5. The van der Waals surface area contributed by atoms with E-state index in [1.54, 1.807) is 31.4 Å². The second-order valence-electron chi connectivity index (χ2n) is 6.74. The molecule has 24 heavy (non-hydrogen) atoms. The van der Waals surface area contributed by atoms with E-state index in [4.69, 9.17) is 9.47 Å². The Labute approximate surface area is 141 Å². The number of β-lactam (4-membered cyclic amide) rings is 1. The van der Waals surface area contributed by atoms with Gasteiger partial charge in [-0.25, -0.2) is 0 Å². The van der Waals surface area contributed by atoms with Gasteiger partial charge in [0.25, 0.3) is 11.8 Å². The number of nitrogens with one attached hydrogen (secondary N) is 1. The Bertz CT molecular complexity index is 608. The van der Waals surface area contributed by atoms with E-state index in [-0.39, 0.29) is 5.91 Å². The molecule has 2 rings (SSSR count). The van der Waals surface area contributed by atoms with E-state index in [9.17, 15) is 14.7 Å². The fraction of sp³-hybridized carbons (Fsp3) is 0.529. The van der Waals surface area contributed by atoms with Crippen molar-refractivity contribution < 1.29 is 24.2 Å². The average Bonchev–Trinajstić information content (AvgIpc) is 2.51. The molecular formula is C17H24N2O5. The van der Waals surface area contributed by atoms with Crippen molar-refractivity contribution in [2.75, 3.05) is 19.1 Å². The number of methoxy groups -OCH3 is 2. The number of aliphatic hydroxyl groups is 1. The molecule has 1 saturated heterocycles. The Balaban J connectivity index is 2.23. The summed E-state index contributed by atoms with van der Waals surface area (Å²) >= 11 is 0. The summed E-state index contributed by atoms with van der Waals surface area (Å²) in [6, 6.07) is 6.04. The fourth-order valence-corrected chi connectivity index (χ4v) is 2.67. The second-order valence-corrected chi connectivity index (χ2v) is 6.74. The standard InChI is InChI=1S/C17H24N2O5/c1-17(2,3)18-15(21)13(20)12-14(24-5)16(22)19(12)10-6-8-11(23-4)9-7-10/h6-9,12-14,20H,1-5H3,(H,18,21)/t12-,13-,14+/m0/s1. The van der Waals surface area contributed by atoms with Crippen LogP contribution in [0.5, 0.6) is 5.75 Å². The minimum atomic E-state index is -1.39. The molecule has 7 nitrogen and oxygen atoms in total. The molecule has 1 aromatic rings. The number of aliphatic hydroxyl groups excluding tert-OH is 1. The van der Waals surface area contributed by atoms with Crippen LogP contribution < -0.4 is 15.0 Å². The maximum atomic E-state index is 12.3. The zero-order chi connectivity index (χ0) is 18.1. The van der Waals surface area contributed by atoms with Crippen LogP contribution in [-0.2, 0) is 14.3 Å². The quantitative estimate of drug-likeness (QED) is 0.773. The summed E-state index contributed by atoms with van der Waals surface area (Å²) in [6.45, 7) is 5.45. The Kier molecular flexibility index (Phi) is 5.15. The van der Waals surface area contributed by atoms with E-state index in [2.05, 4.69) is 5.32 Å². The van der Waals surface area contributed by atoms with E-state index in [0.717, 1.165) is 0 Å². The molecule has 1 aromatic carbocycles. The molecule has 0 aliphatic carbocycles. The van der Waals surface area contributed by atoms with Crippen LogP contribution in [0.3, 0.4) is 0 Å². The summed E-state index contributed by atoms with van der Waals surface area (Å²) in [6.07, 6.45) is -2.25. The lowest BCUT2D eigenvalue weighted by Gasteiger charge is -2.47. The fourth-order valence-electron chi connectivity index (χ4n) is 2.67. The number of rotatable bonds is 5. The maximum Gasteiger partial charge on any atom is 0.258 e. The van der Waals surface area contributed by atoms with E-state index in [1.807, 2.05) is 20.8 Å². The number of carbonyl (C=O) groups excluding carboxylic acids is 2. The predicted octanol–water partition coefficient (Wildman–Crippen LogP) is 0.701. The number of nitrogens with zero attached hydrogens (tertiary/aromatic N) is 1. The van der Waals surface area contributed by atoms with Crippen molar-refractivity contribution in [1.82, 2.24) is 5.32 Å². The monoisotopic (exact) mass is 336 g/mol. The lowest BCUT2D eigenvalue weighted by atomic mass is 9.90. The summed E-state index contributed by atoms with van der Waals surface area (Å²) in [5, 5.41) is 13.2. The largest absolute Gasteiger partial charge is 0.497 e. The molecule has 0 bridgehead atoms. The molecule has 0 spiro atoms. The lowest BCUT2D eigenvalue weighted by Crippen LogP contribution is -2.72. The van der Waals surface area contributed by atoms with Gasteiger partial charge in [-0.15, -0.1) is 0 Å². The summed E-state index contributed by atoms with van der Waals surface area (Å²) in [5.41, 5.74) is 0.0843. The first kappa shape index (κ1) is 18.2. The SMILES string of the molecule is COc1ccc(N2C(=O)[C@H](OC)[C@@H]2[C@H](O)C(=O)NC(C)(C)C)cc1. The smallest absolute Gasteiger partial charge is 0.258 e. The van der Waals surface area contributed by atoms with Crippen LogP contribution in [0.15, 0.2) is 24.3 Å². The minimum absolute atomic E-state index is 0.296. The molecule has 0 saturated carbocycles. The third kappa shape index (κ3) is 3.52. The van der Waals surface area contributed by atoms with Gasteiger partial charge >= 0.3 is 0 Å². The number of hydrogen-bond acceptors (Lipinski definition) is 5. The molecule has 1 heterocycles.